The van der Waals surface area contributed by atoms with E-state index in [1.807, 2.05) is 36.6 Å². The third-order valence-corrected chi connectivity index (χ3v) is 8.81. The molecule has 0 aliphatic heterocycles. The van der Waals surface area contributed by atoms with Gasteiger partial charge in [0.2, 0.25) is 5.75 Å². The zero-order chi connectivity index (χ0) is 26.7. The van der Waals surface area contributed by atoms with Gasteiger partial charge in [-0.2, -0.15) is 0 Å². The van der Waals surface area contributed by atoms with Crippen molar-refractivity contribution in [2.45, 2.75) is 29.1 Å². The first-order valence-electron chi connectivity index (χ1n) is 11.6. The third-order valence-electron chi connectivity index (χ3n) is 6.49. The number of rotatable bonds is 7. The number of hydrogen-bond donors (Lipinski definition) is 1. The van der Waals surface area contributed by atoms with Gasteiger partial charge in [-0.15, -0.1) is 11.8 Å². The second-order valence-electron chi connectivity index (χ2n) is 8.44. The Morgan fingerprint density at radius 3 is 2.49 bits per heavy atom. The Labute approximate surface area is 237 Å². The Morgan fingerprint density at radius 2 is 1.84 bits per heavy atom. The average Bonchev–Trinajstić information content (AvgIpc) is 3.15. The van der Waals surface area contributed by atoms with E-state index in [0.717, 1.165) is 32.3 Å². The normalized spacial score (nSPS) is 14.2. The summed E-state index contributed by atoms with van der Waals surface area (Å²) in [5.41, 5.74) is 4.77. The highest BCUT2D eigenvalue weighted by Gasteiger charge is 2.30. The molecule has 0 spiro atoms. The van der Waals surface area contributed by atoms with Crippen molar-refractivity contribution in [1.82, 2.24) is 5.32 Å². The van der Waals surface area contributed by atoms with Crippen molar-refractivity contribution in [3.05, 3.63) is 79.4 Å². The number of alkyl halides is 1. The van der Waals surface area contributed by atoms with E-state index in [1.165, 1.54) is 11.8 Å². The summed E-state index contributed by atoms with van der Waals surface area (Å²) in [5, 5.41) is 3.82. The molecule has 0 radical (unpaired) electrons. The lowest BCUT2D eigenvalue weighted by Crippen LogP contribution is -2.29. The predicted molar refractivity (Wildman–Crippen MR) is 155 cm³/mol. The monoisotopic (exact) mass is 647 g/mol. The van der Waals surface area contributed by atoms with E-state index in [9.17, 15) is 9.59 Å². The third kappa shape index (κ3) is 5.26. The van der Waals surface area contributed by atoms with E-state index in [0.29, 0.717) is 45.9 Å². The molecule has 9 heteroatoms. The molecule has 0 saturated carbocycles. The maximum absolute atomic E-state index is 13.5. The summed E-state index contributed by atoms with van der Waals surface area (Å²) < 4.78 is 17.8. The summed E-state index contributed by atoms with van der Waals surface area (Å²) in [4.78, 5) is 27.3. The van der Waals surface area contributed by atoms with Crippen molar-refractivity contribution in [3.63, 3.8) is 0 Å². The predicted octanol–water partition coefficient (Wildman–Crippen LogP) is 6.54. The van der Waals surface area contributed by atoms with E-state index in [1.54, 1.807) is 33.5 Å². The van der Waals surface area contributed by atoms with Gasteiger partial charge in [0.05, 0.1) is 37.8 Å². The van der Waals surface area contributed by atoms with Gasteiger partial charge < -0.3 is 19.5 Å². The summed E-state index contributed by atoms with van der Waals surface area (Å²) in [5.74, 6) is 1.35. The Hall–Kier alpha value is -2.49. The van der Waals surface area contributed by atoms with Crippen LogP contribution >= 0.6 is 43.6 Å². The van der Waals surface area contributed by atoms with Gasteiger partial charge in [-0.05, 0) is 81.5 Å². The maximum Gasteiger partial charge on any atom is 0.252 e. The number of carbonyl (C=O) groups is 1. The zero-order valence-corrected chi connectivity index (χ0v) is 24.9. The van der Waals surface area contributed by atoms with Crippen LogP contribution < -0.4 is 25.0 Å². The minimum atomic E-state index is -0.411. The van der Waals surface area contributed by atoms with Crippen LogP contribution in [0.5, 0.6) is 17.2 Å². The molecule has 0 aromatic heterocycles. The standard InChI is InChI=1S/C28H27Br2NO5S/c1-34-22-12-15-8-10-20(31-28(33)18-7-5-6-16(14-29)25(18)30)19-13-21(32)23(37-4)11-9-17(19)24(15)27(36-3)26(22)35-2/h5-7,9,11-13,20H,8,10,14H2,1-4H3,(H,31,33)/t20-/m0/s1. The molecule has 3 aromatic carbocycles. The second kappa shape index (κ2) is 11.9. The largest absolute Gasteiger partial charge is 0.493 e. The number of ether oxygens (including phenoxy) is 3. The fraction of sp³-hybridized carbons (Fsp3) is 0.286. The molecule has 0 unspecified atom stereocenters. The molecule has 0 heterocycles. The van der Waals surface area contributed by atoms with E-state index in [2.05, 4.69) is 37.2 Å². The van der Waals surface area contributed by atoms with Crippen molar-refractivity contribution < 1.29 is 19.0 Å². The Morgan fingerprint density at radius 1 is 1.08 bits per heavy atom. The van der Waals surface area contributed by atoms with Crippen LogP contribution in [0.4, 0.5) is 0 Å². The fourth-order valence-corrected chi connectivity index (χ4v) is 6.60. The van der Waals surface area contributed by atoms with Gasteiger partial charge in [-0.25, -0.2) is 0 Å². The lowest BCUT2D eigenvalue weighted by Gasteiger charge is -2.20. The highest BCUT2D eigenvalue weighted by Crippen LogP contribution is 2.50. The maximum atomic E-state index is 13.5. The number of hydrogen-bond acceptors (Lipinski definition) is 6. The zero-order valence-electron chi connectivity index (χ0n) is 20.9. The summed E-state index contributed by atoms with van der Waals surface area (Å²) in [6.45, 7) is 0. The number of benzene rings is 2. The van der Waals surface area contributed by atoms with Crippen LogP contribution in [0, 0.1) is 0 Å². The molecule has 1 N–H and O–H groups in total. The number of nitrogens with one attached hydrogen (secondary N) is 1. The molecule has 1 aliphatic rings. The van der Waals surface area contributed by atoms with Crippen LogP contribution in [0.25, 0.3) is 11.1 Å². The van der Waals surface area contributed by atoms with Crippen molar-refractivity contribution in [3.8, 4) is 28.4 Å². The summed E-state index contributed by atoms with van der Waals surface area (Å²) >= 11 is 8.44. The van der Waals surface area contributed by atoms with Crippen LogP contribution in [-0.2, 0) is 11.8 Å². The summed E-state index contributed by atoms with van der Waals surface area (Å²) in [6.07, 6.45) is 3.08. The first kappa shape index (κ1) is 27.5. The molecular weight excluding hydrogens is 622 g/mol. The van der Waals surface area contributed by atoms with Crippen LogP contribution in [0.15, 0.2) is 56.6 Å². The second-order valence-corrected chi connectivity index (χ2v) is 10.6. The van der Waals surface area contributed by atoms with E-state index < -0.39 is 6.04 Å². The lowest BCUT2D eigenvalue weighted by molar-refractivity contribution is 0.0934. The van der Waals surface area contributed by atoms with Gasteiger partial charge >= 0.3 is 0 Å². The lowest BCUT2D eigenvalue weighted by atomic mass is 9.95. The molecule has 37 heavy (non-hydrogen) atoms. The fourth-order valence-electron chi connectivity index (χ4n) is 4.71. The first-order valence-corrected chi connectivity index (χ1v) is 14.7. The molecule has 0 saturated heterocycles. The topological polar surface area (TPSA) is 73.9 Å². The molecule has 1 aliphatic carbocycles. The Balaban J connectivity index is 1.93. The van der Waals surface area contributed by atoms with Gasteiger partial charge in [-0.3, -0.25) is 9.59 Å². The highest BCUT2D eigenvalue weighted by molar-refractivity contribution is 9.10. The van der Waals surface area contributed by atoms with Crippen molar-refractivity contribution >= 4 is 49.5 Å². The van der Waals surface area contributed by atoms with Gasteiger partial charge in [0.1, 0.15) is 0 Å². The minimum Gasteiger partial charge on any atom is -0.493 e. The Bertz CT molecular complexity index is 1410. The molecule has 194 valence electrons. The van der Waals surface area contributed by atoms with Gasteiger partial charge in [0, 0.05) is 15.4 Å². The van der Waals surface area contributed by atoms with Gasteiger partial charge in [0.15, 0.2) is 16.9 Å². The van der Waals surface area contributed by atoms with Crippen LogP contribution in [-0.4, -0.2) is 33.5 Å². The quantitative estimate of drug-likeness (QED) is 0.232. The van der Waals surface area contributed by atoms with Crippen molar-refractivity contribution in [2.24, 2.45) is 0 Å². The summed E-state index contributed by atoms with van der Waals surface area (Å²) in [6, 6.07) is 12.5. The van der Waals surface area contributed by atoms with E-state index in [4.69, 9.17) is 14.2 Å². The molecule has 1 atom stereocenters. The molecule has 0 bridgehead atoms. The first-order chi connectivity index (χ1) is 17.9. The smallest absolute Gasteiger partial charge is 0.252 e. The molecule has 1 amide bonds. The van der Waals surface area contributed by atoms with E-state index >= 15 is 0 Å². The Kier molecular flexibility index (Phi) is 8.87. The van der Waals surface area contributed by atoms with Crippen LogP contribution in [0.3, 0.4) is 0 Å². The van der Waals surface area contributed by atoms with Crippen molar-refractivity contribution in [1.29, 1.82) is 0 Å². The van der Waals surface area contributed by atoms with E-state index in [-0.39, 0.29) is 11.3 Å². The number of fused-ring (bicyclic) bond motifs is 3. The van der Waals surface area contributed by atoms with Gasteiger partial charge in [-0.1, -0.05) is 34.1 Å². The van der Waals surface area contributed by atoms with Crippen LogP contribution in [0.2, 0.25) is 0 Å². The van der Waals surface area contributed by atoms with Crippen molar-refractivity contribution in [2.75, 3.05) is 27.6 Å². The SMILES string of the molecule is COc1cc2c(c(OC)c1OC)-c1ccc(SC)c(=O)cc1[C@@H](NC(=O)c1cccc(CBr)c1Br)CC2. The molecule has 6 nitrogen and oxygen atoms in total. The van der Waals surface area contributed by atoms with Crippen LogP contribution in [0.1, 0.15) is 39.5 Å². The van der Waals surface area contributed by atoms with Gasteiger partial charge in [0.25, 0.3) is 5.91 Å². The average molecular weight is 649 g/mol. The molecule has 4 rings (SSSR count). The highest BCUT2D eigenvalue weighted by atomic mass is 79.9. The minimum absolute atomic E-state index is 0.0987. The number of halogens is 2. The number of amides is 1. The number of methoxy groups -OCH3 is 3. The summed E-state index contributed by atoms with van der Waals surface area (Å²) in [7, 11) is 4.74. The number of thioether (sulfide) groups is 1. The number of aryl methyl sites for hydroxylation is 1. The molecule has 3 aromatic rings. The molecule has 0 fully saturated rings. The molecular formula is C28H27Br2NO5S. The number of carbonyl (C=O) groups excluding carboxylic acids is 1.